The van der Waals surface area contributed by atoms with E-state index in [1.54, 1.807) is 0 Å². The number of carbonyl (C=O) groups excluding carboxylic acids is 1. The van der Waals surface area contributed by atoms with Gasteiger partial charge in [-0.15, -0.1) is 11.6 Å². The zero-order valence-electron chi connectivity index (χ0n) is 13.3. The number of amides is 1. The summed E-state index contributed by atoms with van der Waals surface area (Å²) < 4.78 is 0. The zero-order valence-corrected chi connectivity index (χ0v) is 14.1. The molecule has 2 nitrogen and oxygen atoms in total. The van der Waals surface area contributed by atoms with E-state index in [0.29, 0.717) is 17.7 Å². The maximum absolute atomic E-state index is 13.0. The molecule has 0 aromatic rings. The molecular formula is C17H30ClNO. The molecule has 0 aromatic carbocycles. The average molecular weight is 300 g/mol. The van der Waals surface area contributed by atoms with Gasteiger partial charge in [0.2, 0.25) is 5.91 Å². The van der Waals surface area contributed by atoms with E-state index in [0.717, 1.165) is 45.2 Å². The van der Waals surface area contributed by atoms with Gasteiger partial charge in [-0.25, -0.2) is 0 Å². The summed E-state index contributed by atoms with van der Waals surface area (Å²) in [5, 5.41) is 0.239. The number of rotatable bonds is 4. The van der Waals surface area contributed by atoms with Crippen molar-refractivity contribution in [2.24, 2.45) is 17.3 Å². The molecule has 1 amide bonds. The van der Waals surface area contributed by atoms with E-state index < -0.39 is 0 Å². The standard InChI is InChI=1S/C17H30ClNO/c1-13(2)12-17(8-4-5-9-17)16(20)19-10-6-15(7-11-19)14(3)18/h13-15H,4-12H2,1-3H3. The van der Waals surface area contributed by atoms with Gasteiger partial charge in [0.05, 0.1) is 0 Å². The SMILES string of the molecule is CC(C)CC1(C(=O)N2CCC(C(C)Cl)CC2)CCCC1. The third kappa shape index (κ3) is 3.50. The van der Waals surface area contributed by atoms with Crippen molar-refractivity contribution in [1.29, 1.82) is 0 Å². The van der Waals surface area contributed by atoms with Crippen LogP contribution in [0.1, 0.15) is 65.7 Å². The lowest BCUT2D eigenvalue weighted by atomic mass is 9.76. The molecule has 116 valence electrons. The van der Waals surface area contributed by atoms with Gasteiger partial charge in [-0.1, -0.05) is 26.7 Å². The highest BCUT2D eigenvalue weighted by Crippen LogP contribution is 2.45. The molecule has 0 bridgehead atoms. The van der Waals surface area contributed by atoms with Gasteiger partial charge in [-0.05, 0) is 50.9 Å². The van der Waals surface area contributed by atoms with Crippen LogP contribution in [-0.4, -0.2) is 29.3 Å². The molecule has 1 aliphatic carbocycles. The minimum Gasteiger partial charge on any atom is -0.342 e. The second kappa shape index (κ2) is 6.68. The third-order valence-corrected chi connectivity index (χ3v) is 5.65. The fraction of sp³-hybridized carbons (Fsp3) is 0.941. The van der Waals surface area contributed by atoms with Crippen LogP contribution in [-0.2, 0) is 4.79 Å². The monoisotopic (exact) mass is 299 g/mol. The summed E-state index contributed by atoms with van der Waals surface area (Å²) in [5.74, 6) is 1.65. The van der Waals surface area contributed by atoms with E-state index in [1.807, 2.05) is 0 Å². The van der Waals surface area contributed by atoms with Crippen LogP contribution >= 0.6 is 11.6 Å². The number of alkyl halides is 1. The topological polar surface area (TPSA) is 20.3 Å². The van der Waals surface area contributed by atoms with E-state index in [9.17, 15) is 4.79 Å². The number of carbonyl (C=O) groups is 1. The molecule has 1 aliphatic heterocycles. The molecule has 0 spiro atoms. The molecule has 2 fully saturated rings. The minimum atomic E-state index is -0.0341. The van der Waals surface area contributed by atoms with Crippen LogP contribution in [0.15, 0.2) is 0 Å². The largest absolute Gasteiger partial charge is 0.342 e. The van der Waals surface area contributed by atoms with Crippen molar-refractivity contribution in [3.05, 3.63) is 0 Å². The first-order valence-corrected chi connectivity index (χ1v) is 8.82. The number of hydrogen-bond donors (Lipinski definition) is 0. The molecule has 2 aliphatic rings. The molecule has 1 saturated heterocycles. The maximum atomic E-state index is 13.0. The Bertz CT molecular complexity index is 326. The Labute approximate surface area is 129 Å². The molecule has 20 heavy (non-hydrogen) atoms. The minimum absolute atomic E-state index is 0.0341. The lowest BCUT2D eigenvalue weighted by molar-refractivity contribution is -0.144. The molecule has 2 rings (SSSR count). The molecule has 0 aromatic heterocycles. The number of piperidine rings is 1. The average Bonchev–Trinajstić information content (AvgIpc) is 2.87. The Kier molecular flexibility index (Phi) is 5.39. The lowest BCUT2D eigenvalue weighted by Crippen LogP contribution is -2.47. The van der Waals surface area contributed by atoms with E-state index in [4.69, 9.17) is 11.6 Å². The van der Waals surface area contributed by atoms with E-state index in [1.165, 1.54) is 12.8 Å². The van der Waals surface area contributed by atoms with Gasteiger partial charge in [0.1, 0.15) is 0 Å². The second-order valence-electron chi connectivity index (χ2n) is 7.39. The Hall–Kier alpha value is -0.240. The van der Waals surface area contributed by atoms with E-state index in [2.05, 4.69) is 25.7 Å². The van der Waals surface area contributed by atoms with Gasteiger partial charge in [0, 0.05) is 23.9 Å². The third-order valence-electron chi connectivity index (χ3n) is 5.29. The van der Waals surface area contributed by atoms with Gasteiger partial charge in [-0.2, -0.15) is 0 Å². The predicted molar refractivity (Wildman–Crippen MR) is 85.0 cm³/mol. The van der Waals surface area contributed by atoms with Gasteiger partial charge in [-0.3, -0.25) is 4.79 Å². The second-order valence-corrected chi connectivity index (χ2v) is 8.08. The van der Waals surface area contributed by atoms with Crippen LogP contribution in [0, 0.1) is 17.3 Å². The Balaban J connectivity index is 1.99. The van der Waals surface area contributed by atoms with Crippen molar-refractivity contribution in [2.45, 2.75) is 71.1 Å². The van der Waals surface area contributed by atoms with Crippen LogP contribution in [0.25, 0.3) is 0 Å². The zero-order chi connectivity index (χ0) is 14.8. The van der Waals surface area contributed by atoms with Gasteiger partial charge in [0.25, 0.3) is 0 Å². The summed E-state index contributed by atoms with van der Waals surface area (Å²) in [4.78, 5) is 15.2. The highest BCUT2D eigenvalue weighted by Gasteiger charge is 2.44. The van der Waals surface area contributed by atoms with Crippen molar-refractivity contribution in [2.75, 3.05) is 13.1 Å². The summed E-state index contributed by atoms with van der Waals surface area (Å²) in [6.07, 6.45) is 7.90. The lowest BCUT2D eigenvalue weighted by Gasteiger charge is -2.39. The summed E-state index contributed by atoms with van der Waals surface area (Å²) in [5.41, 5.74) is -0.0341. The Morgan fingerprint density at radius 2 is 1.75 bits per heavy atom. The van der Waals surface area contributed by atoms with Crippen molar-refractivity contribution in [3.8, 4) is 0 Å². The van der Waals surface area contributed by atoms with Gasteiger partial charge < -0.3 is 4.90 Å². The number of hydrogen-bond acceptors (Lipinski definition) is 1. The first-order valence-electron chi connectivity index (χ1n) is 8.38. The number of nitrogens with zero attached hydrogens (tertiary/aromatic N) is 1. The first-order chi connectivity index (χ1) is 9.44. The van der Waals surface area contributed by atoms with Gasteiger partial charge >= 0.3 is 0 Å². The summed E-state index contributed by atoms with van der Waals surface area (Å²) in [7, 11) is 0. The highest BCUT2D eigenvalue weighted by molar-refractivity contribution is 6.20. The van der Waals surface area contributed by atoms with E-state index in [-0.39, 0.29) is 10.8 Å². The van der Waals surface area contributed by atoms with Gasteiger partial charge in [0.15, 0.2) is 0 Å². The van der Waals surface area contributed by atoms with Crippen LogP contribution in [0.3, 0.4) is 0 Å². The molecule has 1 heterocycles. The van der Waals surface area contributed by atoms with Crippen molar-refractivity contribution in [3.63, 3.8) is 0 Å². The highest BCUT2D eigenvalue weighted by atomic mass is 35.5. The first kappa shape index (κ1) is 16.1. The maximum Gasteiger partial charge on any atom is 0.228 e. The van der Waals surface area contributed by atoms with Crippen LogP contribution in [0.2, 0.25) is 0 Å². The molecule has 1 saturated carbocycles. The summed E-state index contributed by atoms with van der Waals surface area (Å²) in [6, 6.07) is 0. The summed E-state index contributed by atoms with van der Waals surface area (Å²) >= 11 is 6.20. The number of halogens is 1. The Morgan fingerprint density at radius 1 is 1.20 bits per heavy atom. The van der Waals surface area contributed by atoms with Crippen LogP contribution in [0.5, 0.6) is 0 Å². The van der Waals surface area contributed by atoms with Crippen molar-refractivity contribution in [1.82, 2.24) is 4.90 Å². The van der Waals surface area contributed by atoms with Crippen LogP contribution in [0.4, 0.5) is 0 Å². The van der Waals surface area contributed by atoms with Crippen molar-refractivity contribution >= 4 is 17.5 Å². The molecule has 3 heteroatoms. The quantitative estimate of drug-likeness (QED) is 0.702. The van der Waals surface area contributed by atoms with Crippen molar-refractivity contribution < 1.29 is 4.79 Å². The van der Waals surface area contributed by atoms with Crippen LogP contribution < -0.4 is 0 Å². The van der Waals surface area contributed by atoms with E-state index >= 15 is 0 Å². The fourth-order valence-corrected chi connectivity index (χ4v) is 4.49. The molecule has 1 unspecified atom stereocenters. The molecule has 1 atom stereocenters. The molecule has 0 radical (unpaired) electrons. The molecule has 0 N–H and O–H groups in total. The fourth-order valence-electron chi connectivity index (χ4n) is 4.24. The predicted octanol–water partition coefficient (Wildman–Crippen LogP) is 4.46. The smallest absolute Gasteiger partial charge is 0.228 e. The number of likely N-dealkylation sites (tertiary alicyclic amines) is 1. The normalized spacial score (nSPS) is 25.1. The Morgan fingerprint density at radius 3 is 2.20 bits per heavy atom. The summed E-state index contributed by atoms with van der Waals surface area (Å²) in [6.45, 7) is 8.41. The molecular weight excluding hydrogens is 270 g/mol.